The maximum atomic E-state index is 12.5. The van der Waals surface area contributed by atoms with Gasteiger partial charge >= 0.3 is 6.09 Å². The first-order chi connectivity index (χ1) is 12.5. The largest absolute Gasteiger partial charge is 0.445 e. The number of rotatable bonds is 8. The van der Waals surface area contributed by atoms with Crippen molar-refractivity contribution in [1.29, 1.82) is 5.26 Å². The lowest BCUT2D eigenvalue weighted by atomic mass is 9.97. The molecule has 7 heteroatoms. The van der Waals surface area contributed by atoms with Crippen molar-refractivity contribution in [3.8, 4) is 6.19 Å². The Kier molecular flexibility index (Phi) is 7.27. The molecule has 1 aliphatic rings. The summed E-state index contributed by atoms with van der Waals surface area (Å²) in [4.78, 5) is 26.2. The fourth-order valence-electron chi connectivity index (χ4n) is 2.73. The van der Waals surface area contributed by atoms with E-state index < -0.39 is 12.1 Å². The Bertz CT molecular complexity index is 638. The molecule has 0 spiro atoms. The fourth-order valence-corrected chi connectivity index (χ4v) is 2.73. The summed E-state index contributed by atoms with van der Waals surface area (Å²) in [6, 6.07) is 8.74. The van der Waals surface area contributed by atoms with Gasteiger partial charge < -0.3 is 20.3 Å². The lowest BCUT2D eigenvalue weighted by molar-refractivity contribution is -0.124. The molecule has 140 valence electrons. The molecule has 7 nitrogen and oxygen atoms in total. The zero-order valence-corrected chi connectivity index (χ0v) is 15.3. The van der Waals surface area contributed by atoms with E-state index in [0.717, 1.165) is 12.0 Å². The number of ether oxygens (including phenoxy) is 1. The van der Waals surface area contributed by atoms with Crippen LogP contribution in [0.4, 0.5) is 4.79 Å². The molecule has 0 aromatic heterocycles. The summed E-state index contributed by atoms with van der Waals surface area (Å²) in [6.45, 7) is 5.88. The van der Waals surface area contributed by atoms with Crippen molar-refractivity contribution in [3.63, 3.8) is 0 Å². The van der Waals surface area contributed by atoms with Crippen LogP contribution in [0.25, 0.3) is 0 Å². The summed E-state index contributed by atoms with van der Waals surface area (Å²) in [7, 11) is 0. The van der Waals surface area contributed by atoms with Crippen LogP contribution in [0, 0.1) is 23.3 Å². The second-order valence-electron chi connectivity index (χ2n) is 6.69. The number of hydrogen-bond acceptors (Lipinski definition) is 5. The number of nitriles is 1. The minimum absolute atomic E-state index is 0.0173. The van der Waals surface area contributed by atoms with Crippen molar-refractivity contribution in [2.45, 2.75) is 32.9 Å². The van der Waals surface area contributed by atoms with E-state index in [1.165, 1.54) is 0 Å². The molecule has 0 saturated carbocycles. The van der Waals surface area contributed by atoms with Crippen LogP contribution in [0.1, 0.15) is 25.8 Å². The Hall–Kier alpha value is -2.75. The number of amides is 2. The smallest absolute Gasteiger partial charge is 0.408 e. The first-order valence-electron chi connectivity index (χ1n) is 8.93. The van der Waals surface area contributed by atoms with Gasteiger partial charge in [0, 0.05) is 25.6 Å². The predicted octanol–water partition coefficient (Wildman–Crippen LogP) is 1.86. The number of carbonyl (C=O) groups is 2. The summed E-state index contributed by atoms with van der Waals surface area (Å²) >= 11 is 0. The lowest BCUT2D eigenvalue weighted by Gasteiger charge is -2.35. The average Bonchev–Trinajstić information content (AvgIpc) is 2.63. The molecule has 1 aliphatic heterocycles. The van der Waals surface area contributed by atoms with Crippen molar-refractivity contribution < 1.29 is 14.3 Å². The zero-order chi connectivity index (χ0) is 18.9. The molecule has 0 unspecified atom stereocenters. The van der Waals surface area contributed by atoms with Gasteiger partial charge in [0.25, 0.3) is 0 Å². The molecular formula is C19H26N4O3. The third-order valence-corrected chi connectivity index (χ3v) is 4.65. The van der Waals surface area contributed by atoms with Gasteiger partial charge in [0.1, 0.15) is 12.6 Å². The molecule has 26 heavy (non-hydrogen) atoms. The highest BCUT2D eigenvalue weighted by Crippen LogP contribution is 2.13. The molecule has 2 amide bonds. The standard InChI is InChI=1S/C19H26N4O3/c1-3-14(2)17(18(24)21-9-16-10-23(11-16)13-20)22-19(25)26-12-15-7-5-4-6-8-15/h4-8,14,16-17H,3,9-12H2,1-2H3,(H,21,24)(H,22,25)/t14-,17-/m0/s1. The molecule has 1 fully saturated rings. The number of nitrogens with zero attached hydrogens (tertiary/aromatic N) is 2. The van der Waals surface area contributed by atoms with Crippen LogP contribution < -0.4 is 10.6 Å². The van der Waals surface area contributed by atoms with Gasteiger partial charge in [0.2, 0.25) is 5.91 Å². The van der Waals surface area contributed by atoms with Gasteiger partial charge in [-0.3, -0.25) is 4.79 Å². The highest BCUT2D eigenvalue weighted by atomic mass is 16.5. The van der Waals surface area contributed by atoms with E-state index in [4.69, 9.17) is 10.00 Å². The highest BCUT2D eigenvalue weighted by Gasteiger charge is 2.30. The van der Waals surface area contributed by atoms with Gasteiger partial charge in [-0.05, 0) is 11.5 Å². The Morgan fingerprint density at radius 3 is 2.65 bits per heavy atom. The van der Waals surface area contributed by atoms with Crippen LogP contribution in [0.3, 0.4) is 0 Å². The molecule has 1 aromatic carbocycles. The Morgan fingerprint density at radius 2 is 2.04 bits per heavy atom. The Morgan fingerprint density at radius 1 is 1.35 bits per heavy atom. The number of benzene rings is 1. The van der Waals surface area contributed by atoms with E-state index in [2.05, 4.69) is 16.8 Å². The number of nitrogens with one attached hydrogen (secondary N) is 2. The lowest BCUT2D eigenvalue weighted by Crippen LogP contribution is -2.54. The first kappa shape index (κ1) is 19.6. The van der Waals surface area contributed by atoms with Crippen molar-refractivity contribution in [1.82, 2.24) is 15.5 Å². The first-order valence-corrected chi connectivity index (χ1v) is 8.93. The normalized spacial score (nSPS) is 16.0. The number of carbonyl (C=O) groups excluding carboxylic acids is 2. The van der Waals surface area contributed by atoms with E-state index in [9.17, 15) is 9.59 Å². The minimum atomic E-state index is -0.643. The molecule has 2 N–H and O–H groups in total. The number of hydrogen-bond donors (Lipinski definition) is 2. The van der Waals surface area contributed by atoms with Crippen LogP contribution in [0.5, 0.6) is 0 Å². The van der Waals surface area contributed by atoms with Gasteiger partial charge in [0.15, 0.2) is 6.19 Å². The summed E-state index contributed by atoms with van der Waals surface area (Å²) in [6.07, 6.45) is 2.22. The fraction of sp³-hybridized carbons (Fsp3) is 0.526. The summed E-state index contributed by atoms with van der Waals surface area (Å²) < 4.78 is 5.22. The second-order valence-corrected chi connectivity index (χ2v) is 6.69. The van der Waals surface area contributed by atoms with Crippen LogP contribution >= 0.6 is 0 Å². The monoisotopic (exact) mass is 358 g/mol. The molecule has 0 bridgehead atoms. The Balaban J connectivity index is 1.80. The predicted molar refractivity (Wildman–Crippen MR) is 96.7 cm³/mol. The van der Waals surface area contributed by atoms with Gasteiger partial charge in [-0.25, -0.2) is 4.79 Å². The molecule has 1 saturated heterocycles. The highest BCUT2D eigenvalue weighted by molar-refractivity contribution is 5.85. The summed E-state index contributed by atoms with van der Waals surface area (Å²) in [5.74, 6) is 0.0453. The quantitative estimate of drug-likeness (QED) is 0.692. The average molecular weight is 358 g/mol. The van der Waals surface area contributed by atoms with Crippen LogP contribution in [0.2, 0.25) is 0 Å². The van der Waals surface area contributed by atoms with E-state index in [1.807, 2.05) is 44.2 Å². The molecule has 1 heterocycles. The number of alkyl carbamates (subject to hydrolysis) is 1. The van der Waals surface area contributed by atoms with Crippen LogP contribution in [-0.4, -0.2) is 42.6 Å². The third kappa shape index (κ3) is 5.66. The minimum Gasteiger partial charge on any atom is -0.445 e. The van der Waals surface area contributed by atoms with Gasteiger partial charge in [-0.2, -0.15) is 5.26 Å². The van der Waals surface area contributed by atoms with Gasteiger partial charge in [-0.15, -0.1) is 0 Å². The van der Waals surface area contributed by atoms with Crippen molar-refractivity contribution in [3.05, 3.63) is 35.9 Å². The second kappa shape index (κ2) is 9.66. The topological polar surface area (TPSA) is 94.5 Å². The molecule has 1 aromatic rings. The summed E-state index contributed by atoms with van der Waals surface area (Å²) in [5.41, 5.74) is 0.888. The van der Waals surface area contributed by atoms with Crippen molar-refractivity contribution >= 4 is 12.0 Å². The molecular weight excluding hydrogens is 332 g/mol. The van der Waals surface area contributed by atoms with E-state index in [-0.39, 0.29) is 24.3 Å². The molecule has 2 atom stereocenters. The summed E-state index contributed by atoms with van der Waals surface area (Å²) in [5, 5.41) is 14.3. The zero-order valence-electron chi connectivity index (χ0n) is 15.3. The molecule has 0 aliphatic carbocycles. The van der Waals surface area contributed by atoms with Gasteiger partial charge in [0.05, 0.1) is 0 Å². The van der Waals surface area contributed by atoms with Crippen LogP contribution in [-0.2, 0) is 16.1 Å². The third-order valence-electron chi connectivity index (χ3n) is 4.65. The van der Waals surface area contributed by atoms with Crippen molar-refractivity contribution in [2.75, 3.05) is 19.6 Å². The maximum Gasteiger partial charge on any atom is 0.408 e. The SMILES string of the molecule is CC[C@H](C)[C@H](NC(=O)OCc1ccccc1)C(=O)NCC1CN(C#N)C1. The molecule has 2 rings (SSSR count). The van der Waals surface area contributed by atoms with Gasteiger partial charge in [-0.1, -0.05) is 50.6 Å². The molecule has 0 radical (unpaired) electrons. The number of likely N-dealkylation sites (tertiary alicyclic amines) is 1. The van der Waals surface area contributed by atoms with E-state index in [1.54, 1.807) is 4.90 Å². The van der Waals surface area contributed by atoms with E-state index >= 15 is 0 Å². The Labute approximate surface area is 154 Å². The van der Waals surface area contributed by atoms with E-state index in [0.29, 0.717) is 19.6 Å². The maximum absolute atomic E-state index is 12.5. The van der Waals surface area contributed by atoms with Crippen LogP contribution in [0.15, 0.2) is 30.3 Å². The van der Waals surface area contributed by atoms with Crippen molar-refractivity contribution in [2.24, 2.45) is 11.8 Å².